The summed E-state index contributed by atoms with van der Waals surface area (Å²) in [5, 5.41) is 0.610. The van der Waals surface area contributed by atoms with Gasteiger partial charge in [0.05, 0.1) is 5.02 Å². The first-order valence-corrected chi connectivity index (χ1v) is 8.03. The Kier molecular flexibility index (Phi) is 5.26. The van der Waals surface area contributed by atoms with E-state index >= 15 is 0 Å². The molecule has 0 bridgehead atoms. The van der Waals surface area contributed by atoms with Crippen molar-refractivity contribution in [2.75, 3.05) is 49.9 Å². The fourth-order valence-electron chi connectivity index (χ4n) is 2.71. The number of piperazine rings is 1. The Morgan fingerprint density at radius 2 is 1.87 bits per heavy atom. The average molecular weight is 332 g/mol. The van der Waals surface area contributed by atoms with E-state index in [2.05, 4.69) is 28.0 Å². The molecule has 0 aliphatic carbocycles. The topological polar surface area (TPSA) is 24.9 Å². The third-order valence-corrected chi connectivity index (χ3v) is 4.22. The first-order valence-electron chi connectivity index (χ1n) is 7.66. The molecule has 1 heterocycles. The largest absolute Gasteiger partial charge is 0.466 e. The van der Waals surface area contributed by atoms with Gasteiger partial charge < -0.3 is 19.3 Å². The molecule has 0 aromatic heterocycles. The summed E-state index contributed by atoms with van der Waals surface area (Å²) in [7, 11) is 1.59. The second kappa shape index (κ2) is 7.57. The molecule has 1 aliphatic heterocycles. The highest BCUT2D eigenvalue weighted by molar-refractivity contribution is 6.32. The van der Waals surface area contributed by atoms with Gasteiger partial charge in [0, 0.05) is 50.7 Å². The molecule has 3 rings (SSSR count). The average Bonchev–Trinajstić information content (AvgIpc) is 2.61. The van der Waals surface area contributed by atoms with Crippen molar-refractivity contribution in [3.8, 4) is 5.75 Å². The van der Waals surface area contributed by atoms with Crippen molar-refractivity contribution >= 4 is 23.0 Å². The number of para-hydroxylation sites is 1. The lowest BCUT2D eigenvalue weighted by molar-refractivity contribution is 0.0512. The van der Waals surface area contributed by atoms with Crippen LogP contribution in [0.15, 0.2) is 42.5 Å². The standard InChI is InChI=1S/C18H20ClN2O2/c1-22-14-23-18-8-7-16(13-17(18)19)21-11-9-20(10-12-21)15-5-3-2-4-6-15/h2-5,7-8,13H,9-12,14H2,1H3. The van der Waals surface area contributed by atoms with Gasteiger partial charge in [-0.3, -0.25) is 0 Å². The van der Waals surface area contributed by atoms with E-state index in [1.54, 1.807) is 7.11 Å². The second-order valence-corrected chi connectivity index (χ2v) is 5.79. The minimum atomic E-state index is 0.200. The Balaban J connectivity index is 1.62. The van der Waals surface area contributed by atoms with Gasteiger partial charge in [-0.25, -0.2) is 0 Å². The fraction of sp³-hybridized carbons (Fsp3) is 0.333. The van der Waals surface area contributed by atoms with Crippen molar-refractivity contribution in [1.82, 2.24) is 0 Å². The van der Waals surface area contributed by atoms with Crippen LogP contribution in [0.5, 0.6) is 5.75 Å². The number of halogens is 1. The maximum Gasteiger partial charge on any atom is 0.188 e. The van der Waals surface area contributed by atoms with E-state index in [0.717, 1.165) is 37.6 Å². The predicted molar refractivity (Wildman–Crippen MR) is 93.7 cm³/mol. The first-order chi connectivity index (χ1) is 11.3. The number of hydrogen-bond acceptors (Lipinski definition) is 4. The number of anilines is 2. The van der Waals surface area contributed by atoms with Crippen LogP contribution >= 0.6 is 11.6 Å². The van der Waals surface area contributed by atoms with Gasteiger partial charge in [-0.15, -0.1) is 0 Å². The zero-order valence-electron chi connectivity index (χ0n) is 13.2. The molecule has 2 aromatic carbocycles. The van der Waals surface area contributed by atoms with Crippen LogP contribution in [0, 0.1) is 6.07 Å². The summed E-state index contributed by atoms with van der Waals surface area (Å²) >= 11 is 6.29. The van der Waals surface area contributed by atoms with Crippen LogP contribution in [-0.2, 0) is 4.74 Å². The minimum absolute atomic E-state index is 0.200. The second-order valence-electron chi connectivity index (χ2n) is 5.39. The lowest BCUT2D eigenvalue weighted by atomic mass is 10.2. The Labute approximate surface area is 142 Å². The van der Waals surface area contributed by atoms with Gasteiger partial charge in [0.25, 0.3) is 0 Å². The summed E-state index contributed by atoms with van der Waals surface area (Å²) in [6, 6.07) is 17.3. The third kappa shape index (κ3) is 3.89. The van der Waals surface area contributed by atoms with Crippen LogP contribution < -0.4 is 14.5 Å². The number of rotatable bonds is 5. The lowest BCUT2D eigenvalue weighted by Gasteiger charge is -2.37. The summed E-state index contributed by atoms with van der Waals surface area (Å²) in [5.41, 5.74) is 2.28. The van der Waals surface area contributed by atoms with E-state index in [0.29, 0.717) is 10.8 Å². The van der Waals surface area contributed by atoms with Gasteiger partial charge in [0.2, 0.25) is 0 Å². The van der Waals surface area contributed by atoms with Crippen molar-refractivity contribution in [1.29, 1.82) is 0 Å². The Hall–Kier alpha value is -1.91. The van der Waals surface area contributed by atoms with Gasteiger partial charge >= 0.3 is 0 Å². The number of ether oxygens (including phenoxy) is 2. The zero-order chi connectivity index (χ0) is 16.1. The highest BCUT2D eigenvalue weighted by atomic mass is 35.5. The lowest BCUT2D eigenvalue weighted by Crippen LogP contribution is -2.46. The number of nitrogens with zero attached hydrogens (tertiary/aromatic N) is 2. The molecule has 0 amide bonds. The van der Waals surface area contributed by atoms with E-state index in [4.69, 9.17) is 21.1 Å². The van der Waals surface area contributed by atoms with E-state index in [-0.39, 0.29) is 6.79 Å². The Morgan fingerprint density at radius 1 is 1.09 bits per heavy atom. The van der Waals surface area contributed by atoms with Crippen LogP contribution in [0.4, 0.5) is 11.4 Å². The van der Waals surface area contributed by atoms with Gasteiger partial charge in [-0.2, -0.15) is 0 Å². The molecule has 121 valence electrons. The molecular formula is C18H20ClN2O2. The molecule has 2 aromatic rings. The van der Waals surface area contributed by atoms with Crippen LogP contribution in [0.3, 0.4) is 0 Å². The van der Waals surface area contributed by atoms with Gasteiger partial charge in [0.1, 0.15) is 5.75 Å². The SMILES string of the molecule is COCOc1ccc(N2CCN(c3[c]cccc3)CC2)cc1Cl. The number of benzene rings is 2. The Bertz CT molecular complexity index is 628. The molecule has 0 atom stereocenters. The third-order valence-electron chi connectivity index (χ3n) is 3.93. The summed E-state index contributed by atoms with van der Waals surface area (Å²) in [5.74, 6) is 0.648. The summed E-state index contributed by atoms with van der Waals surface area (Å²) in [6.45, 7) is 4.06. The van der Waals surface area contributed by atoms with Crippen LogP contribution in [-0.4, -0.2) is 40.1 Å². The minimum Gasteiger partial charge on any atom is -0.466 e. The summed E-state index contributed by atoms with van der Waals surface area (Å²) in [6.07, 6.45) is 0. The van der Waals surface area contributed by atoms with Crippen molar-refractivity contribution in [2.24, 2.45) is 0 Å². The molecule has 1 aliphatic rings. The van der Waals surface area contributed by atoms with Crippen LogP contribution in [0.1, 0.15) is 0 Å². The van der Waals surface area contributed by atoms with Crippen LogP contribution in [0.2, 0.25) is 5.02 Å². The quantitative estimate of drug-likeness (QED) is 0.783. The molecule has 0 spiro atoms. The molecule has 23 heavy (non-hydrogen) atoms. The van der Waals surface area contributed by atoms with E-state index in [1.807, 2.05) is 30.3 Å². The highest BCUT2D eigenvalue weighted by Gasteiger charge is 2.18. The molecule has 1 saturated heterocycles. The van der Waals surface area contributed by atoms with Crippen molar-refractivity contribution < 1.29 is 9.47 Å². The summed E-state index contributed by atoms with van der Waals surface area (Å²) in [4.78, 5) is 4.69. The van der Waals surface area contributed by atoms with E-state index in [1.165, 1.54) is 0 Å². The first kappa shape index (κ1) is 16.0. The van der Waals surface area contributed by atoms with E-state index < -0.39 is 0 Å². The molecule has 0 N–H and O–H groups in total. The molecule has 0 saturated carbocycles. The van der Waals surface area contributed by atoms with Crippen molar-refractivity contribution in [3.63, 3.8) is 0 Å². The van der Waals surface area contributed by atoms with Gasteiger partial charge in [-0.05, 0) is 24.3 Å². The smallest absolute Gasteiger partial charge is 0.188 e. The van der Waals surface area contributed by atoms with Crippen LogP contribution in [0.25, 0.3) is 0 Å². The molecule has 1 radical (unpaired) electrons. The molecule has 0 unspecified atom stereocenters. The molecule has 1 fully saturated rings. The monoisotopic (exact) mass is 331 g/mol. The van der Waals surface area contributed by atoms with Gasteiger partial charge in [-0.1, -0.05) is 29.8 Å². The maximum atomic E-state index is 6.29. The normalized spacial score (nSPS) is 14.9. The molecule has 4 nitrogen and oxygen atoms in total. The summed E-state index contributed by atoms with van der Waals surface area (Å²) < 4.78 is 10.3. The predicted octanol–water partition coefficient (Wildman–Crippen LogP) is 3.45. The highest BCUT2D eigenvalue weighted by Crippen LogP contribution is 2.30. The number of methoxy groups -OCH3 is 1. The van der Waals surface area contributed by atoms with Crippen molar-refractivity contribution in [3.05, 3.63) is 53.6 Å². The van der Waals surface area contributed by atoms with Crippen molar-refractivity contribution in [2.45, 2.75) is 0 Å². The number of hydrogen-bond donors (Lipinski definition) is 0. The Morgan fingerprint density at radius 3 is 2.52 bits per heavy atom. The van der Waals surface area contributed by atoms with E-state index in [9.17, 15) is 0 Å². The zero-order valence-corrected chi connectivity index (χ0v) is 13.9. The molecule has 5 heteroatoms. The van der Waals surface area contributed by atoms with Gasteiger partial charge in [0.15, 0.2) is 6.79 Å². The fourth-order valence-corrected chi connectivity index (χ4v) is 2.94. The maximum absolute atomic E-state index is 6.29. The molecular weight excluding hydrogens is 312 g/mol.